The predicted molar refractivity (Wildman–Crippen MR) is 42.1 cm³/mol. The summed E-state index contributed by atoms with van der Waals surface area (Å²) in [6.45, 7) is 4.33. The van der Waals surface area contributed by atoms with Crippen molar-refractivity contribution < 1.29 is 15.0 Å². The first-order chi connectivity index (χ1) is 4.84. The zero-order chi connectivity index (χ0) is 9.07. The summed E-state index contributed by atoms with van der Waals surface area (Å²) < 4.78 is 0. The van der Waals surface area contributed by atoms with Gasteiger partial charge in [-0.15, -0.1) is 0 Å². The van der Waals surface area contributed by atoms with E-state index < -0.39 is 11.7 Å². The first-order valence-electron chi connectivity index (χ1n) is 3.43. The molecule has 0 aromatic carbocycles. The minimum absolute atomic E-state index is 0.145. The van der Waals surface area contributed by atoms with Gasteiger partial charge in [0.1, 0.15) is 6.10 Å². The van der Waals surface area contributed by atoms with Gasteiger partial charge in [0.15, 0.2) is 5.78 Å². The zero-order valence-corrected chi connectivity index (χ0v) is 7.03. The summed E-state index contributed by atoms with van der Waals surface area (Å²) in [6.07, 6.45) is 1.52. The lowest BCUT2D eigenvalue weighted by atomic mass is 10.0. The second kappa shape index (κ2) is 3.64. The van der Waals surface area contributed by atoms with Gasteiger partial charge >= 0.3 is 0 Å². The van der Waals surface area contributed by atoms with Crippen molar-refractivity contribution >= 4 is 5.78 Å². The quantitative estimate of drug-likeness (QED) is 0.579. The SMILES string of the molecule is CC(=O)/C=C/C(O)C(C)(C)O. The normalized spacial score (nSPS) is 15.4. The van der Waals surface area contributed by atoms with E-state index in [-0.39, 0.29) is 5.78 Å². The van der Waals surface area contributed by atoms with E-state index in [1.54, 1.807) is 0 Å². The summed E-state index contributed by atoms with van der Waals surface area (Å²) in [5.74, 6) is -0.145. The summed E-state index contributed by atoms with van der Waals surface area (Å²) in [5.41, 5.74) is -1.19. The second-order valence-corrected chi connectivity index (χ2v) is 3.07. The highest BCUT2D eigenvalue weighted by Gasteiger charge is 2.21. The standard InChI is InChI=1S/C8H14O3/c1-6(9)4-5-7(10)8(2,3)11/h4-5,7,10-11H,1-3H3/b5-4+. The molecule has 1 unspecified atom stereocenters. The fraction of sp³-hybridized carbons (Fsp3) is 0.625. The Balaban J connectivity index is 4.07. The minimum atomic E-state index is -1.19. The van der Waals surface area contributed by atoms with Crippen molar-refractivity contribution in [1.29, 1.82) is 0 Å². The van der Waals surface area contributed by atoms with Gasteiger partial charge < -0.3 is 10.2 Å². The van der Waals surface area contributed by atoms with Gasteiger partial charge in [-0.25, -0.2) is 0 Å². The molecule has 0 saturated heterocycles. The first kappa shape index (κ1) is 10.3. The van der Waals surface area contributed by atoms with E-state index in [2.05, 4.69) is 0 Å². The van der Waals surface area contributed by atoms with Crippen LogP contribution in [0.2, 0.25) is 0 Å². The van der Waals surface area contributed by atoms with E-state index in [0.29, 0.717) is 0 Å². The van der Waals surface area contributed by atoms with Crippen LogP contribution in [0.5, 0.6) is 0 Å². The topological polar surface area (TPSA) is 57.5 Å². The molecular formula is C8H14O3. The number of hydrogen-bond acceptors (Lipinski definition) is 3. The van der Waals surface area contributed by atoms with Crippen LogP contribution in [0.25, 0.3) is 0 Å². The molecule has 3 heteroatoms. The zero-order valence-electron chi connectivity index (χ0n) is 7.03. The molecule has 3 nitrogen and oxygen atoms in total. The van der Waals surface area contributed by atoms with E-state index >= 15 is 0 Å². The second-order valence-electron chi connectivity index (χ2n) is 3.07. The molecular weight excluding hydrogens is 144 g/mol. The van der Waals surface area contributed by atoms with Crippen LogP contribution in [0.1, 0.15) is 20.8 Å². The molecule has 0 fully saturated rings. The van der Waals surface area contributed by atoms with E-state index in [1.807, 2.05) is 0 Å². The highest BCUT2D eigenvalue weighted by atomic mass is 16.3. The van der Waals surface area contributed by atoms with Crippen molar-refractivity contribution in [2.75, 3.05) is 0 Å². The maximum absolute atomic E-state index is 10.4. The van der Waals surface area contributed by atoms with Crippen molar-refractivity contribution in [3.05, 3.63) is 12.2 Å². The summed E-state index contributed by atoms with van der Waals surface area (Å²) in [7, 11) is 0. The van der Waals surface area contributed by atoms with Gasteiger partial charge in [0.2, 0.25) is 0 Å². The third kappa shape index (κ3) is 4.70. The average Bonchev–Trinajstić information content (AvgIpc) is 1.80. The van der Waals surface area contributed by atoms with Crippen LogP contribution in [0, 0.1) is 0 Å². The smallest absolute Gasteiger partial charge is 0.152 e. The molecule has 0 amide bonds. The fourth-order valence-corrected chi connectivity index (χ4v) is 0.462. The van der Waals surface area contributed by atoms with Gasteiger partial charge in [0.25, 0.3) is 0 Å². The molecule has 0 aliphatic heterocycles. The molecule has 0 heterocycles. The number of carbonyl (C=O) groups is 1. The predicted octanol–water partition coefficient (Wildman–Crippen LogP) is 0.263. The van der Waals surface area contributed by atoms with Crippen molar-refractivity contribution in [2.45, 2.75) is 32.5 Å². The molecule has 0 aliphatic rings. The summed E-state index contributed by atoms with van der Waals surface area (Å²) >= 11 is 0. The van der Waals surface area contributed by atoms with Gasteiger partial charge in [-0.3, -0.25) is 4.79 Å². The van der Waals surface area contributed by atoms with Crippen LogP contribution < -0.4 is 0 Å². The summed E-state index contributed by atoms with van der Waals surface area (Å²) in [6, 6.07) is 0. The molecule has 11 heavy (non-hydrogen) atoms. The number of aliphatic hydroxyl groups is 2. The molecule has 64 valence electrons. The monoisotopic (exact) mass is 158 g/mol. The summed E-state index contributed by atoms with van der Waals surface area (Å²) in [5, 5.41) is 18.3. The molecule has 0 aliphatic carbocycles. The Morgan fingerprint density at radius 2 is 2.00 bits per heavy atom. The largest absolute Gasteiger partial charge is 0.387 e. The van der Waals surface area contributed by atoms with Gasteiger partial charge in [0, 0.05) is 0 Å². The van der Waals surface area contributed by atoms with E-state index in [1.165, 1.54) is 32.9 Å². The minimum Gasteiger partial charge on any atom is -0.387 e. The molecule has 0 bridgehead atoms. The van der Waals surface area contributed by atoms with Crippen LogP contribution >= 0.6 is 0 Å². The molecule has 0 rings (SSSR count). The van der Waals surface area contributed by atoms with Crippen LogP contribution in [0.4, 0.5) is 0 Å². The molecule has 0 aromatic heterocycles. The van der Waals surface area contributed by atoms with Gasteiger partial charge in [-0.1, -0.05) is 0 Å². The van der Waals surface area contributed by atoms with Gasteiger partial charge in [0.05, 0.1) is 5.60 Å². The maximum atomic E-state index is 10.4. The van der Waals surface area contributed by atoms with Gasteiger partial charge in [-0.2, -0.15) is 0 Å². The third-order valence-corrected chi connectivity index (χ3v) is 1.24. The molecule has 2 N–H and O–H groups in total. The number of aliphatic hydroxyl groups excluding tert-OH is 1. The Labute approximate surface area is 66.4 Å². The number of hydrogen-bond donors (Lipinski definition) is 2. The van der Waals surface area contributed by atoms with Crippen LogP contribution in [0.15, 0.2) is 12.2 Å². The lowest BCUT2D eigenvalue weighted by Crippen LogP contribution is -2.34. The number of rotatable bonds is 3. The van der Waals surface area contributed by atoms with Crippen molar-refractivity contribution in [3.63, 3.8) is 0 Å². The average molecular weight is 158 g/mol. The highest BCUT2D eigenvalue weighted by molar-refractivity contribution is 5.87. The molecule has 1 atom stereocenters. The van der Waals surface area contributed by atoms with Gasteiger partial charge in [-0.05, 0) is 32.9 Å². The Bertz CT molecular complexity index is 165. The lowest BCUT2D eigenvalue weighted by Gasteiger charge is -2.20. The molecule has 0 radical (unpaired) electrons. The van der Waals surface area contributed by atoms with Crippen LogP contribution in [-0.4, -0.2) is 27.7 Å². The Hall–Kier alpha value is -0.670. The number of allylic oxidation sites excluding steroid dienone is 1. The van der Waals surface area contributed by atoms with E-state index in [4.69, 9.17) is 5.11 Å². The summed E-state index contributed by atoms with van der Waals surface area (Å²) in [4.78, 5) is 10.4. The third-order valence-electron chi connectivity index (χ3n) is 1.24. The first-order valence-corrected chi connectivity index (χ1v) is 3.43. The fourth-order valence-electron chi connectivity index (χ4n) is 0.462. The number of carbonyl (C=O) groups excluding carboxylic acids is 1. The number of ketones is 1. The lowest BCUT2D eigenvalue weighted by molar-refractivity contribution is -0.112. The van der Waals surface area contributed by atoms with Crippen molar-refractivity contribution in [2.24, 2.45) is 0 Å². The highest BCUT2D eigenvalue weighted by Crippen LogP contribution is 2.08. The molecule has 0 aromatic rings. The Morgan fingerprint density at radius 3 is 2.27 bits per heavy atom. The molecule has 0 saturated carbocycles. The van der Waals surface area contributed by atoms with Crippen LogP contribution in [-0.2, 0) is 4.79 Å². The Morgan fingerprint density at radius 1 is 1.55 bits per heavy atom. The van der Waals surface area contributed by atoms with Crippen LogP contribution in [0.3, 0.4) is 0 Å². The van der Waals surface area contributed by atoms with E-state index in [9.17, 15) is 9.90 Å². The van der Waals surface area contributed by atoms with Crippen molar-refractivity contribution in [1.82, 2.24) is 0 Å². The molecule has 0 spiro atoms. The van der Waals surface area contributed by atoms with Crippen molar-refractivity contribution in [3.8, 4) is 0 Å². The maximum Gasteiger partial charge on any atom is 0.152 e. The Kier molecular flexibility index (Phi) is 3.42. The van der Waals surface area contributed by atoms with E-state index in [0.717, 1.165) is 0 Å².